The predicted octanol–water partition coefficient (Wildman–Crippen LogP) is 1.39. The summed E-state index contributed by atoms with van der Waals surface area (Å²) in [7, 11) is 0. The molecule has 1 atom stereocenters. The molecule has 1 unspecified atom stereocenters. The Hall–Kier alpha value is -0.662. The number of nitrogens with zero attached hydrogens (tertiary/aromatic N) is 2. The van der Waals surface area contributed by atoms with Gasteiger partial charge in [0.05, 0.1) is 0 Å². The fraction of sp³-hybridized carbons (Fsp3) is 0.273. The molecule has 0 aliphatic carbocycles. The van der Waals surface area contributed by atoms with E-state index in [-0.39, 0.29) is 0 Å². The first-order chi connectivity index (χ1) is 7.08. The fourth-order valence-electron chi connectivity index (χ4n) is 1.81. The van der Waals surface area contributed by atoms with Gasteiger partial charge < -0.3 is 0 Å². The number of aromatic nitrogens is 2. The Bertz CT molecular complexity index is 482. The van der Waals surface area contributed by atoms with Crippen molar-refractivity contribution < 1.29 is 0 Å². The van der Waals surface area contributed by atoms with Crippen LogP contribution < -0.4 is 3.80 Å². The summed E-state index contributed by atoms with van der Waals surface area (Å²) in [4.78, 5) is 9.03. The van der Waals surface area contributed by atoms with Crippen molar-refractivity contribution in [2.24, 2.45) is 0 Å². The molecular weight excluding hydrogens is 267 g/mol. The van der Waals surface area contributed by atoms with Crippen molar-refractivity contribution in [3.8, 4) is 11.3 Å². The van der Waals surface area contributed by atoms with E-state index in [2.05, 4.69) is 35.3 Å². The van der Waals surface area contributed by atoms with Crippen molar-refractivity contribution in [1.29, 1.82) is 0 Å². The molecule has 0 saturated heterocycles. The van der Waals surface area contributed by atoms with Crippen molar-refractivity contribution >= 4 is 32.0 Å². The first-order valence-electron chi connectivity index (χ1n) is 4.74. The quantitative estimate of drug-likeness (QED) is 0.738. The molecule has 2 heterocycles. The molecule has 0 amide bonds. The molecule has 2 nitrogen and oxygen atoms in total. The first-order valence-corrected chi connectivity index (χ1v) is 6.83. The van der Waals surface area contributed by atoms with Gasteiger partial charge in [-0.25, -0.2) is 0 Å². The summed E-state index contributed by atoms with van der Waals surface area (Å²) < 4.78 is 1.16. The van der Waals surface area contributed by atoms with Crippen LogP contribution in [-0.2, 0) is 0 Å². The molecule has 2 aromatic heterocycles. The van der Waals surface area contributed by atoms with Crippen LogP contribution >= 0.6 is 11.3 Å². The second-order valence-electron chi connectivity index (χ2n) is 3.61. The van der Waals surface area contributed by atoms with E-state index < -0.39 is 0 Å². The van der Waals surface area contributed by atoms with Crippen LogP contribution in [0.1, 0.15) is 17.0 Å². The third kappa shape index (κ3) is 2.14. The average Bonchev–Trinajstić information content (AvgIpc) is 2.49. The average molecular weight is 280 g/mol. The van der Waals surface area contributed by atoms with Gasteiger partial charge in [-0.05, 0) is 0 Å². The van der Waals surface area contributed by atoms with Gasteiger partial charge in [0.1, 0.15) is 0 Å². The summed E-state index contributed by atoms with van der Waals surface area (Å²) in [5.41, 5.74) is 5.68. The number of hydrogen-bond acceptors (Lipinski definition) is 3. The van der Waals surface area contributed by atoms with Gasteiger partial charge in [-0.2, -0.15) is 0 Å². The molecule has 0 aliphatic rings. The van der Waals surface area contributed by atoms with Crippen LogP contribution in [0.15, 0.2) is 11.4 Å². The summed E-state index contributed by atoms with van der Waals surface area (Å²) in [6, 6.07) is 2.11. The summed E-state index contributed by atoms with van der Waals surface area (Å²) in [6.07, 6.45) is 0. The van der Waals surface area contributed by atoms with Gasteiger partial charge in [0.2, 0.25) is 0 Å². The summed E-state index contributed by atoms with van der Waals surface area (Å²) >= 11 is 3.29. The molecule has 2 aromatic rings. The third-order valence-corrected chi connectivity index (χ3v) is 4.10. The molecule has 4 heteroatoms. The topological polar surface area (TPSA) is 25.8 Å². The second-order valence-corrected chi connectivity index (χ2v) is 6.53. The van der Waals surface area contributed by atoms with E-state index in [9.17, 15) is 0 Å². The van der Waals surface area contributed by atoms with Crippen molar-refractivity contribution in [1.82, 2.24) is 9.97 Å². The molecule has 0 N–H and O–H groups in total. The van der Waals surface area contributed by atoms with Gasteiger partial charge in [0.25, 0.3) is 0 Å². The van der Waals surface area contributed by atoms with Crippen LogP contribution in [-0.4, -0.2) is 26.8 Å². The molecule has 15 heavy (non-hydrogen) atoms. The SMILES string of the molecule is Cc1cc(C)c(-c2csc([AsH2])n2)c(C)n1. The number of thiazole rings is 1. The van der Waals surface area contributed by atoms with E-state index in [0.29, 0.717) is 0 Å². The molecule has 2 rings (SSSR count). The normalized spacial score (nSPS) is 10.7. The summed E-state index contributed by atoms with van der Waals surface area (Å²) in [5.74, 6) is 0. The zero-order valence-corrected chi connectivity index (χ0v) is 12.3. The number of aryl methyl sites for hydroxylation is 3. The Balaban J connectivity index is 2.62. The molecule has 0 saturated carbocycles. The van der Waals surface area contributed by atoms with E-state index in [1.54, 1.807) is 28.2 Å². The molecule has 0 aliphatic heterocycles. The Morgan fingerprint density at radius 3 is 2.47 bits per heavy atom. The van der Waals surface area contributed by atoms with Gasteiger partial charge in [0.15, 0.2) is 0 Å². The van der Waals surface area contributed by atoms with E-state index in [4.69, 9.17) is 0 Å². The molecule has 0 radical (unpaired) electrons. The molecule has 0 fully saturated rings. The number of hydrogen-bond donors (Lipinski definition) is 0. The summed E-state index contributed by atoms with van der Waals surface area (Å²) in [6.45, 7) is 6.20. The van der Waals surface area contributed by atoms with Gasteiger partial charge in [-0.3, -0.25) is 0 Å². The zero-order valence-electron chi connectivity index (χ0n) is 9.03. The first kappa shape index (κ1) is 10.8. The van der Waals surface area contributed by atoms with Crippen LogP contribution in [0.3, 0.4) is 0 Å². The monoisotopic (exact) mass is 280 g/mol. The minimum atomic E-state index is 1.07. The minimum absolute atomic E-state index is 1.07. The van der Waals surface area contributed by atoms with Gasteiger partial charge in [0, 0.05) is 0 Å². The van der Waals surface area contributed by atoms with Crippen molar-refractivity contribution in [2.45, 2.75) is 20.8 Å². The Labute approximate surface area is 102 Å². The van der Waals surface area contributed by atoms with E-state index >= 15 is 0 Å². The maximum atomic E-state index is 4.54. The second kappa shape index (κ2) is 4.07. The molecular formula is C11H13AsN2S. The predicted molar refractivity (Wildman–Crippen MR) is 67.7 cm³/mol. The van der Waals surface area contributed by atoms with Crippen LogP contribution in [0.2, 0.25) is 0 Å². The number of rotatable bonds is 1. The van der Waals surface area contributed by atoms with E-state index in [0.717, 1.165) is 20.9 Å². The molecule has 0 aromatic carbocycles. The Morgan fingerprint density at radius 2 is 1.93 bits per heavy atom. The standard InChI is InChI=1S/C11H13AsN2S/c1-6-4-7(2)13-8(3)10(6)9-5-15-11(12)14-9/h4-5H,12H2,1-3H3. The van der Waals surface area contributed by atoms with Crippen LogP contribution in [0, 0.1) is 20.8 Å². The van der Waals surface area contributed by atoms with Crippen LogP contribution in [0.4, 0.5) is 0 Å². The zero-order chi connectivity index (χ0) is 11.0. The molecule has 78 valence electrons. The summed E-state index contributed by atoms with van der Waals surface area (Å²) in [5, 5.41) is 2.11. The van der Waals surface area contributed by atoms with Crippen LogP contribution in [0.5, 0.6) is 0 Å². The van der Waals surface area contributed by atoms with Gasteiger partial charge in [-0.1, -0.05) is 0 Å². The Morgan fingerprint density at radius 1 is 1.20 bits per heavy atom. The van der Waals surface area contributed by atoms with Crippen molar-refractivity contribution in [3.63, 3.8) is 0 Å². The fourth-order valence-corrected chi connectivity index (χ4v) is 3.09. The molecule has 0 spiro atoms. The van der Waals surface area contributed by atoms with Crippen LogP contribution in [0.25, 0.3) is 11.3 Å². The van der Waals surface area contributed by atoms with Crippen molar-refractivity contribution in [3.05, 3.63) is 28.4 Å². The molecule has 0 bridgehead atoms. The van der Waals surface area contributed by atoms with Crippen molar-refractivity contribution in [2.75, 3.05) is 0 Å². The van der Waals surface area contributed by atoms with E-state index in [1.807, 2.05) is 6.92 Å². The van der Waals surface area contributed by atoms with Gasteiger partial charge >= 0.3 is 102 Å². The third-order valence-electron chi connectivity index (χ3n) is 2.30. The van der Waals surface area contributed by atoms with E-state index in [1.165, 1.54) is 11.1 Å². The maximum absolute atomic E-state index is 4.54. The number of pyridine rings is 1. The van der Waals surface area contributed by atoms with Gasteiger partial charge in [-0.15, -0.1) is 0 Å². The Kier molecular flexibility index (Phi) is 2.94.